The molecule has 0 unspecified atom stereocenters. The number of nitrogens with one attached hydrogen (secondary N) is 1. The predicted molar refractivity (Wildman–Crippen MR) is 63.1 cm³/mol. The maximum absolute atomic E-state index is 12.9. The van der Waals surface area contributed by atoms with Gasteiger partial charge in [0, 0.05) is 0 Å². The Balaban J connectivity index is 2.34. The molecule has 0 aliphatic heterocycles. The fourth-order valence-corrected chi connectivity index (χ4v) is 1.58. The van der Waals surface area contributed by atoms with Crippen molar-refractivity contribution in [3.05, 3.63) is 42.2 Å². The molecule has 0 amide bonds. The molecule has 2 aromatic rings. The van der Waals surface area contributed by atoms with E-state index in [0.29, 0.717) is 5.75 Å². The van der Waals surface area contributed by atoms with Crippen LogP contribution in [0.15, 0.2) is 36.7 Å². The van der Waals surface area contributed by atoms with E-state index in [9.17, 15) is 13.2 Å². The minimum absolute atomic E-state index is 0.0330. The van der Waals surface area contributed by atoms with Gasteiger partial charge in [0.05, 0.1) is 23.6 Å². The smallest absolute Gasteiger partial charge is 0.418 e. The van der Waals surface area contributed by atoms with Gasteiger partial charge in [0.1, 0.15) is 6.73 Å². The Labute approximate surface area is 107 Å². The summed E-state index contributed by atoms with van der Waals surface area (Å²) in [6, 6.07) is 5.25. The molecule has 1 aromatic heterocycles. The molecular weight excluding hydrogens is 259 g/mol. The Morgan fingerprint density at radius 2 is 2.05 bits per heavy atom. The highest BCUT2D eigenvalue weighted by Gasteiger charge is 2.33. The number of hydrogen-bond donors (Lipinski definition) is 1. The van der Waals surface area contributed by atoms with Gasteiger partial charge in [-0.3, -0.25) is 5.32 Å². The molecule has 0 spiro atoms. The summed E-state index contributed by atoms with van der Waals surface area (Å²) < 4.78 is 44.9. The lowest BCUT2D eigenvalue weighted by atomic mass is 10.2. The molecule has 0 atom stereocenters. The molecule has 0 aliphatic rings. The first-order valence-electron chi connectivity index (χ1n) is 5.51. The number of ether oxygens (including phenoxy) is 1. The van der Waals surface area contributed by atoms with Gasteiger partial charge in [-0.2, -0.15) is 18.3 Å². The first-order chi connectivity index (χ1) is 9.02. The molecule has 0 bridgehead atoms. The average Bonchev–Trinajstić information content (AvgIpc) is 2.84. The lowest BCUT2D eigenvalue weighted by Crippen LogP contribution is -2.13. The summed E-state index contributed by atoms with van der Waals surface area (Å²) in [6.07, 6.45) is -1.65. The second kappa shape index (κ2) is 5.31. The molecule has 19 heavy (non-hydrogen) atoms. The number of hydrogen-bond acceptors (Lipinski definition) is 3. The molecule has 1 N–H and O–H groups in total. The van der Waals surface area contributed by atoms with Crippen LogP contribution in [0.1, 0.15) is 5.56 Å². The monoisotopic (exact) mass is 271 g/mol. The van der Waals surface area contributed by atoms with Crippen LogP contribution in [0.5, 0.6) is 5.75 Å². The van der Waals surface area contributed by atoms with Crippen molar-refractivity contribution in [3.63, 3.8) is 0 Å². The average molecular weight is 271 g/mol. The Bertz CT molecular complexity index is 551. The lowest BCUT2D eigenvalue weighted by Gasteiger charge is -2.12. The molecule has 102 valence electrons. The van der Waals surface area contributed by atoms with E-state index in [0.717, 1.165) is 10.7 Å². The third kappa shape index (κ3) is 3.05. The van der Waals surface area contributed by atoms with Gasteiger partial charge in [0.2, 0.25) is 0 Å². The zero-order chi connectivity index (χ0) is 13.9. The van der Waals surface area contributed by atoms with Crippen LogP contribution < -0.4 is 10.1 Å². The Hall–Kier alpha value is -2.02. The van der Waals surface area contributed by atoms with Crippen LogP contribution in [0.4, 0.5) is 13.2 Å². The highest BCUT2D eigenvalue weighted by Crippen LogP contribution is 2.33. The Morgan fingerprint density at radius 1 is 1.32 bits per heavy atom. The Morgan fingerprint density at radius 3 is 2.74 bits per heavy atom. The summed E-state index contributed by atoms with van der Waals surface area (Å²) in [5.41, 5.74) is -0.771. The van der Waals surface area contributed by atoms with E-state index in [4.69, 9.17) is 4.74 Å². The molecule has 1 aromatic carbocycles. The zero-order valence-corrected chi connectivity index (χ0v) is 10.1. The van der Waals surface area contributed by atoms with Gasteiger partial charge in [0.25, 0.3) is 0 Å². The number of halogens is 3. The largest absolute Gasteiger partial charge is 0.475 e. The number of aromatic nitrogens is 2. The van der Waals surface area contributed by atoms with Crippen LogP contribution in [0.3, 0.4) is 0 Å². The van der Waals surface area contributed by atoms with Gasteiger partial charge in [0.15, 0.2) is 5.75 Å². The number of para-hydroxylation sites is 1. The summed E-state index contributed by atoms with van der Waals surface area (Å²) >= 11 is 0. The third-order valence-electron chi connectivity index (χ3n) is 2.40. The molecule has 7 heteroatoms. The quantitative estimate of drug-likeness (QED) is 0.868. The minimum Gasteiger partial charge on any atom is -0.475 e. The summed E-state index contributed by atoms with van der Waals surface area (Å²) in [5, 5.41) is 6.64. The normalized spacial score (nSPS) is 11.6. The van der Waals surface area contributed by atoms with Gasteiger partial charge in [-0.1, -0.05) is 12.1 Å². The first-order valence-corrected chi connectivity index (χ1v) is 5.51. The fraction of sp³-hybridized carbons (Fsp3) is 0.250. The second-order valence-corrected chi connectivity index (χ2v) is 3.78. The van der Waals surface area contributed by atoms with Gasteiger partial charge in [-0.25, -0.2) is 4.68 Å². The summed E-state index contributed by atoms with van der Waals surface area (Å²) in [7, 11) is 1.70. The highest BCUT2D eigenvalue weighted by molar-refractivity contribution is 5.42. The molecule has 0 aliphatic carbocycles. The van der Waals surface area contributed by atoms with Crippen molar-refractivity contribution in [1.29, 1.82) is 0 Å². The van der Waals surface area contributed by atoms with Gasteiger partial charge in [-0.15, -0.1) is 0 Å². The van der Waals surface area contributed by atoms with Crippen LogP contribution in [0.25, 0.3) is 5.69 Å². The van der Waals surface area contributed by atoms with Crippen molar-refractivity contribution >= 4 is 0 Å². The van der Waals surface area contributed by atoms with Crippen molar-refractivity contribution < 1.29 is 17.9 Å². The van der Waals surface area contributed by atoms with Gasteiger partial charge in [-0.05, 0) is 19.2 Å². The van der Waals surface area contributed by atoms with Gasteiger partial charge >= 0.3 is 6.18 Å². The third-order valence-corrected chi connectivity index (χ3v) is 2.40. The minimum atomic E-state index is -4.42. The maximum Gasteiger partial charge on any atom is 0.418 e. The lowest BCUT2D eigenvalue weighted by molar-refractivity contribution is -0.137. The molecule has 2 rings (SSSR count). The van der Waals surface area contributed by atoms with Crippen LogP contribution in [-0.4, -0.2) is 23.6 Å². The van der Waals surface area contributed by atoms with Crippen LogP contribution in [0.2, 0.25) is 0 Å². The van der Waals surface area contributed by atoms with E-state index >= 15 is 0 Å². The maximum atomic E-state index is 12.9. The van der Waals surface area contributed by atoms with E-state index in [1.165, 1.54) is 30.6 Å². The molecule has 1 heterocycles. The number of alkyl halides is 3. The van der Waals surface area contributed by atoms with Crippen molar-refractivity contribution in [2.45, 2.75) is 6.18 Å². The van der Waals surface area contributed by atoms with E-state index in [2.05, 4.69) is 10.4 Å². The number of nitrogens with zero attached hydrogens (tertiary/aromatic N) is 2. The van der Waals surface area contributed by atoms with Crippen molar-refractivity contribution in [1.82, 2.24) is 15.1 Å². The molecule has 0 radical (unpaired) electrons. The molecule has 4 nitrogen and oxygen atoms in total. The van der Waals surface area contributed by atoms with E-state index in [1.807, 2.05) is 0 Å². The first kappa shape index (κ1) is 13.4. The van der Waals surface area contributed by atoms with Crippen LogP contribution in [0, 0.1) is 0 Å². The van der Waals surface area contributed by atoms with E-state index < -0.39 is 11.7 Å². The number of rotatable bonds is 4. The highest BCUT2D eigenvalue weighted by atomic mass is 19.4. The molecular formula is C12H12F3N3O. The van der Waals surface area contributed by atoms with Crippen LogP contribution in [-0.2, 0) is 6.18 Å². The van der Waals surface area contributed by atoms with E-state index in [1.54, 1.807) is 7.05 Å². The van der Waals surface area contributed by atoms with Crippen LogP contribution >= 0.6 is 0 Å². The van der Waals surface area contributed by atoms with Crippen molar-refractivity contribution in [3.8, 4) is 11.4 Å². The molecule has 0 fully saturated rings. The van der Waals surface area contributed by atoms with Gasteiger partial charge < -0.3 is 4.74 Å². The summed E-state index contributed by atoms with van der Waals surface area (Å²) in [6.45, 7) is 0.257. The number of benzene rings is 1. The van der Waals surface area contributed by atoms with Crippen molar-refractivity contribution in [2.75, 3.05) is 13.8 Å². The fourth-order valence-electron chi connectivity index (χ4n) is 1.58. The predicted octanol–water partition coefficient (Wildman–Crippen LogP) is 2.45. The summed E-state index contributed by atoms with van der Waals surface area (Å²) in [4.78, 5) is 0. The molecule has 0 saturated carbocycles. The zero-order valence-electron chi connectivity index (χ0n) is 10.1. The SMILES string of the molecule is CNCOc1cnn(-c2ccccc2C(F)(F)F)c1. The van der Waals surface area contributed by atoms with E-state index in [-0.39, 0.29) is 12.4 Å². The topological polar surface area (TPSA) is 39.1 Å². The summed E-state index contributed by atoms with van der Waals surface area (Å²) in [5.74, 6) is 0.395. The Kier molecular flexibility index (Phi) is 3.75. The van der Waals surface area contributed by atoms with Crippen molar-refractivity contribution in [2.24, 2.45) is 0 Å². The second-order valence-electron chi connectivity index (χ2n) is 3.78. The standard InChI is InChI=1S/C12H12F3N3O/c1-16-8-19-9-6-17-18(7-9)11-5-3-2-4-10(11)12(13,14)15/h2-7,16H,8H2,1H3. The molecule has 0 saturated heterocycles.